The van der Waals surface area contributed by atoms with E-state index in [1.807, 2.05) is 6.92 Å². The summed E-state index contributed by atoms with van der Waals surface area (Å²) >= 11 is 5.87. The highest BCUT2D eigenvalue weighted by atomic mass is 35.5. The van der Waals surface area contributed by atoms with Gasteiger partial charge in [-0.25, -0.2) is 0 Å². The van der Waals surface area contributed by atoms with Crippen molar-refractivity contribution in [3.8, 4) is 0 Å². The Morgan fingerprint density at radius 2 is 2.44 bits per heavy atom. The van der Waals surface area contributed by atoms with E-state index >= 15 is 0 Å². The van der Waals surface area contributed by atoms with Crippen molar-refractivity contribution < 1.29 is 9.47 Å². The second kappa shape index (κ2) is 2.45. The maximum absolute atomic E-state index is 5.87. The number of ether oxygens (including phenoxy) is 2. The molecule has 2 atom stereocenters. The van der Waals surface area contributed by atoms with Crippen LogP contribution >= 0.6 is 11.6 Å². The fraction of sp³-hybridized carbons (Fsp3) is 1.00. The van der Waals surface area contributed by atoms with Crippen LogP contribution in [0.4, 0.5) is 0 Å². The lowest BCUT2D eigenvalue weighted by molar-refractivity contribution is -0.176. The van der Waals surface area contributed by atoms with Crippen LogP contribution in [0.2, 0.25) is 0 Å². The predicted molar refractivity (Wildman–Crippen MR) is 35.6 cm³/mol. The van der Waals surface area contributed by atoms with Crippen LogP contribution in [0.1, 0.15) is 13.3 Å². The van der Waals surface area contributed by atoms with Gasteiger partial charge in [0, 0.05) is 7.11 Å². The van der Waals surface area contributed by atoms with E-state index in [0.29, 0.717) is 6.61 Å². The summed E-state index contributed by atoms with van der Waals surface area (Å²) in [6, 6.07) is 0. The first-order chi connectivity index (χ1) is 4.19. The maximum Gasteiger partial charge on any atom is 0.181 e. The van der Waals surface area contributed by atoms with E-state index < -0.39 is 5.79 Å². The molecule has 1 saturated heterocycles. The molecule has 1 heterocycles. The Labute approximate surface area is 60.1 Å². The Morgan fingerprint density at radius 1 is 1.78 bits per heavy atom. The van der Waals surface area contributed by atoms with Crippen LogP contribution in [-0.2, 0) is 9.47 Å². The van der Waals surface area contributed by atoms with Gasteiger partial charge in [0.2, 0.25) is 0 Å². The molecule has 0 bridgehead atoms. The highest BCUT2D eigenvalue weighted by Gasteiger charge is 2.38. The summed E-state index contributed by atoms with van der Waals surface area (Å²) in [5.74, 6) is -0.540. The normalized spacial score (nSPS) is 43.7. The molecule has 2 nitrogen and oxygen atoms in total. The van der Waals surface area contributed by atoms with Crippen LogP contribution in [-0.4, -0.2) is 24.9 Å². The van der Waals surface area contributed by atoms with Crippen molar-refractivity contribution in [3.05, 3.63) is 0 Å². The van der Waals surface area contributed by atoms with Crippen molar-refractivity contribution in [3.63, 3.8) is 0 Å². The van der Waals surface area contributed by atoms with Crippen LogP contribution in [0.3, 0.4) is 0 Å². The summed E-state index contributed by atoms with van der Waals surface area (Å²) in [5, 5.41) is 0.00231. The summed E-state index contributed by atoms with van der Waals surface area (Å²) in [7, 11) is 1.61. The Morgan fingerprint density at radius 3 is 2.67 bits per heavy atom. The van der Waals surface area contributed by atoms with Crippen LogP contribution in [0.5, 0.6) is 0 Å². The first-order valence-corrected chi connectivity index (χ1v) is 3.46. The Balaban J connectivity index is 2.56. The van der Waals surface area contributed by atoms with Gasteiger partial charge in [0.25, 0.3) is 0 Å². The standard InChI is InChI=1S/C6H11ClO2/c1-6(8-2)5(7)3-4-9-6/h5H,3-4H2,1-2H3/t5-,6+/m1/s1. The zero-order chi connectivity index (χ0) is 6.91. The van der Waals surface area contributed by atoms with Crippen molar-refractivity contribution in [2.24, 2.45) is 0 Å². The molecule has 54 valence electrons. The molecule has 0 aromatic carbocycles. The van der Waals surface area contributed by atoms with Gasteiger partial charge in [-0.2, -0.15) is 0 Å². The van der Waals surface area contributed by atoms with Gasteiger partial charge in [0.1, 0.15) is 0 Å². The maximum atomic E-state index is 5.87. The molecule has 0 aliphatic carbocycles. The lowest BCUT2D eigenvalue weighted by Gasteiger charge is -2.24. The molecule has 0 amide bonds. The fourth-order valence-corrected chi connectivity index (χ4v) is 1.15. The smallest absolute Gasteiger partial charge is 0.181 e. The first kappa shape index (κ1) is 7.32. The van der Waals surface area contributed by atoms with Gasteiger partial charge in [-0.3, -0.25) is 0 Å². The second-order valence-electron chi connectivity index (χ2n) is 2.32. The minimum atomic E-state index is -0.540. The van der Waals surface area contributed by atoms with Crippen molar-refractivity contribution in [2.45, 2.75) is 24.5 Å². The van der Waals surface area contributed by atoms with Gasteiger partial charge >= 0.3 is 0 Å². The molecular formula is C6H11ClO2. The minimum Gasteiger partial charge on any atom is -0.352 e. The Hall–Kier alpha value is 0.210. The lowest BCUT2D eigenvalue weighted by atomic mass is 10.2. The van der Waals surface area contributed by atoms with E-state index in [4.69, 9.17) is 21.1 Å². The molecular weight excluding hydrogens is 140 g/mol. The molecule has 1 rings (SSSR count). The third-order valence-electron chi connectivity index (χ3n) is 1.73. The minimum absolute atomic E-state index is 0.00231. The molecule has 0 aromatic heterocycles. The average molecular weight is 151 g/mol. The number of hydrogen-bond donors (Lipinski definition) is 0. The van der Waals surface area contributed by atoms with Crippen molar-refractivity contribution in [1.82, 2.24) is 0 Å². The molecule has 0 radical (unpaired) electrons. The zero-order valence-corrected chi connectivity index (χ0v) is 6.44. The van der Waals surface area contributed by atoms with Crippen LogP contribution < -0.4 is 0 Å². The van der Waals surface area contributed by atoms with E-state index in [0.717, 1.165) is 6.42 Å². The highest BCUT2D eigenvalue weighted by molar-refractivity contribution is 6.21. The van der Waals surface area contributed by atoms with Crippen LogP contribution in [0.15, 0.2) is 0 Å². The molecule has 1 aliphatic rings. The zero-order valence-electron chi connectivity index (χ0n) is 5.69. The van der Waals surface area contributed by atoms with E-state index in [2.05, 4.69) is 0 Å². The lowest BCUT2D eigenvalue weighted by Crippen LogP contribution is -2.34. The molecule has 3 heteroatoms. The van der Waals surface area contributed by atoms with E-state index in [-0.39, 0.29) is 5.38 Å². The van der Waals surface area contributed by atoms with Gasteiger partial charge in [-0.1, -0.05) is 0 Å². The average Bonchev–Trinajstić information content (AvgIpc) is 2.15. The predicted octanol–water partition coefficient (Wildman–Crippen LogP) is 1.38. The number of hydrogen-bond acceptors (Lipinski definition) is 2. The van der Waals surface area contributed by atoms with E-state index in [9.17, 15) is 0 Å². The van der Waals surface area contributed by atoms with Crippen molar-refractivity contribution in [1.29, 1.82) is 0 Å². The summed E-state index contributed by atoms with van der Waals surface area (Å²) in [5.41, 5.74) is 0. The quantitative estimate of drug-likeness (QED) is 0.526. The van der Waals surface area contributed by atoms with Crippen LogP contribution in [0.25, 0.3) is 0 Å². The number of halogens is 1. The van der Waals surface area contributed by atoms with Gasteiger partial charge in [-0.05, 0) is 13.3 Å². The largest absolute Gasteiger partial charge is 0.352 e. The molecule has 0 N–H and O–H groups in total. The summed E-state index contributed by atoms with van der Waals surface area (Å²) in [6.45, 7) is 2.57. The Kier molecular flexibility index (Phi) is 1.99. The molecule has 0 saturated carbocycles. The van der Waals surface area contributed by atoms with Gasteiger partial charge in [0.05, 0.1) is 12.0 Å². The topological polar surface area (TPSA) is 18.5 Å². The van der Waals surface area contributed by atoms with E-state index in [1.165, 1.54) is 0 Å². The molecule has 1 aliphatic heterocycles. The van der Waals surface area contributed by atoms with Gasteiger partial charge < -0.3 is 9.47 Å². The van der Waals surface area contributed by atoms with E-state index in [1.54, 1.807) is 7.11 Å². The van der Waals surface area contributed by atoms with Crippen molar-refractivity contribution in [2.75, 3.05) is 13.7 Å². The molecule has 1 fully saturated rings. The molecule has 9 heavy (non-hydrogen) atoms. The first-order valence-electron chi connectivity index (χ1n) is 3.02. The summed E-state index contributed by atoms with van der Waals surface area (Å²) in [4.78, 5) is 0. The SMILES string of the molecule is CO[C@@]1(C)OCC[C@H]1Cl. The highest BCUT2D eigenvalue weighted by Crippen LogP contribution is 2.30. The monoisotopic (exact) mass is 150 g/mol. The summed E-state index contributed by atoms with van der Waals surface area (Å²) in [6.07, 6.45) is 0.881. The molecule has 0 unspecified atom stereocenters. The Bertz CT molecular complexity index is 107. The third-order valence-corrected chi connectivity index (χ3v) is 2.35. The number of rotatable bonds is 1. The van der Waals surface area contributed by atoms with Crippen molar-refractivity contribution >= 4 is 11.6 Å². The number of methoxy groups -OCH3 is 1. The number of alkyl halides is 1. The van der Waals surface area contributed by atoms with Gasteiger partial charge in [-0.15, -0.1) is 11.6 Å². The second-order valence-corrected chi connectivity index (χ2v) is 2.85. The molecule has 0 spiro atoms. The third kappa shape index (κ3) is 1.20. The van der Waals surface area contributed by atoms with Gasteiger partial charge in [0.15, 0.2) is 5.79 Å². The molecule has 0 aromatic rings. The fourth-order valence-electron chi connectivity index (χ4n) is 0.904. The van der Waals surface area contributed by atoms with Crippen LogP contribution in [0, 0.1) is 0 Å². The summed E-state index contributed by atoms with van der Waals surface area (Å²) < 4.78 is 10.3.